The summed E-state index contributed by atoms with van der Waals surface area (Å²) in [5.74, 6) is 1.38. The maximum absolute atomic E-state index is 9.39. The minimum Gasteiger partial charge on any atom is -0.495 e. The summed E-state index contributed by atoms with van der Waals surface area (Å²) >= 11 is 1.67. The van der Waals surface area contributed by atoms with Crippen molar-refractivity contribution < 1.29 is 9.84 Å². The third kappa shape index (κ3) is 3.95. The fraction of sp³-hybridized carbons (Fsp3) is 0.462. The first-order chi connectivity index (χ1) is 8.08. The van der Waals surface area contributed by atoms with Crippen LogP contribution in [0.25, 0.3) is 0 Å². The Bertz CT molecular complexity index is 412. The number of hydrogen-bond acceptors (Lipinski definition) is 4. The van der Waals surface area contributed by atoms with Gasteiger partial charge in [0, 0.05) is 11.0 Å². The first-order valence-corrected chi connectivity index (χ1v) is 6.50. The van der Waals surface area contributed by atoms with Crippen molar-refractivity contribution in [3.63, 3.8) is 0 Å². The molecule has 1 aromatic carbocycles. The van der Waals surface area contributed by atoms with Gasteiger partial charge >= 0.3 is 0 Å². The van der Waals surface area contributed by atoms with Crippen LogP contribution >= 0.6 is 11.8 Å². The van der Waals surface area contributed by atoms with E-state index in [-0.39, 0.29) is 11.4 Å². The van der Waals surface area contributed by atoms with Gasteiger partial charge < -0.3 is 9.84 Å². The normalized spacial score (nSPS) is 13.8. The second-order valence-corrected chi connectivity index (χ2v) is 5.27. The molecule has 4 heteroatoms. The molecule has 92 valence electrons. The monoisotopic (exact) mass is 251 g/mol. The number of ether oxygens (including phenoxy) is 1. The topological polar surface area (TPSA) is 53.2 Å². The predicted molar refractivity (Wildman–Crippen MR) is 70.1 cm³/mol. The fourth-order valence-corrected chi connectivity index (χ4v) is 2.21. The van der Waals surface area contributed by atoms with Crippen molar-refractivity contribution in [3.8, 4) is 11.8 Å². The highest BCUT2D eigenvalue weighted by Gasteiger charge is 2.10. The number of aliphatic hydroxyl groups excluding tert-OH is 1. The Hall–Kier alpha value is -1.18. The summed E-state index contributed by atoms with van der Waals surface area (Å²) in [6, 6.07) is 7.70. The molecule has 0 aliphatic rings. The number of thioether (sulfide) groups is 1. The zero-order chi connectivity index (χ0) is 12.8. The number of nitrogens with zero attached hydrogens (tertiary/aromatic N) is 1. The number of nitriles is 1. The Morgan fingerprint density at radius 1 is 1.47 bits per heavy atom. The van der Waals surface area contributed by atoms with Gasteiger partial charge in [-0.15, -0.1) is 0 Å². The summed E-state index contributed by atoms with van der Waals surface area (Å²) in [5, 5.41) is 18.5. The lowest BCUT2D eigenvalue weighted by Crippen LogP contribution is -2.15. The molecule has 0 amide bonds. The maximum Gasteiger partial charge on any atom is 0.136 e. The van der Waals surface area contributed by atoms with Crippen molar-refractivity contribution in [1.82, 2.24) is 0 Å². The fourth-order valence-electron chi connectivity index (χ4n) is 1.30. The molecule has 1 aromatic rings. The van der Waals surface area contributed by atoms with Crippen LogP contribution in [0.2, 0.25) is 0 Å². The maximum atomic E-state index is 9.39. The van der Waals surface area contributed by atoms with E-state index in [1.54, 1.807) is 25.8 Å². The SMILES string of the molecule is COc1ccc(CSC(C)C(C)O)cc1C#N. The van der Waals surface area contributed by atoms with E-state index >= 15 is 0 Å². The standard InChI is InChI=1S/C13H17NO2S/c1-9(15)10(2)17-8-11-4-5-13(16-3)12(6-11)7-14/h4-6,9-10,15H,8H2,1-3H3. The average molecular weight is 251 g/mol. The zero-order valence-corrected chi connectivity index (χ0v) is 11.1. The molecule has 17 heavy (non-hydrogen) atoms. The van der Waals surface area contributed by atoms with Crippen LogP contribution in [0.3, 0.4) is 0 Å². The Labute approximate surface area is 106 Å². The molecule has 1 rings (SSSR count). The summed E-state index contributed by atoms with van der Waals surface area (Å²) in [4.78, 5) is 0. The Kier molecular flexibility index (Phi) is 5.33. The molecular weight excluding hydrogens is 234 g/mol. The highest BCUT2D eigenvalue weighted by Crippen LogP contribution is 2.24. The van der Waals surface area contributed by atoms with E-state index in [9.17, 15) is 5.11 Å². The van der Waals surface area contributed by atoms with E-state index in [1.165, 1.54) is 0 Å². The molecule has 3 nitrogen and oxygen atoms in total. The van der Waals surface area contributed by atoms with E-state index in [0.29, 0.717) is 11.3 Å². The Morgan fingerprint density at radius 3 is 2.71 bits per heavy atom. The predicted octanol–water partition coefficient (Wildman–Crippen LogP) is 2.57. The van der Waals surface area contributed by atoms with Crippen LogP contribution in [0.5, 0.6) is 5.75 Å². The minimum absolute atomic E-state index is 0.183. The molecule has 0 aromatic heterocycles. The first kappa shape index (κ1) is 13.9. The van der Waals surface area contributed by atoms with Gasteiger partial charge in [0.05, 0.1) is 18.8 Å². The number of benzene rings is 1. The van der Waals surface area contributed by atoms with Crippen molar-refractivity contribution in [2.24, 2.45) is 0 Å². The molecule has 0 saturated carbocycles. The molecular formula is C13H17NO2S. The van der Waals surface area contributed by atoms with Gasteiger partial charge in [0.15, 0.2) is 0 Å². The second kappa shape index (κ2) is 6.53. The number of rotatable bonds is 5. The summed E-state index contributed by atoms with van der Waals surface area (Å²) < 4.78 is 5.09. The lowest BCUT2D eigenvalue weighted by Gasteiger charge is -2.14. The van der Waals surface area contributed by atoms with E-state index in [0.717, 1.165) is 11.3 Å². The summed E-state index contributed by atoms with van der Waals surface area (Å²) in [6.07, 6.45) is -0.325. The van der Waals surface area contributed by atoms with Gasteiger partial charge in [-0.25, -0.2) is 0 Å². The molecule has 0 bridgehead atoms. The minimum atomic E-state index is -0.325. The van der Waals surface area contributed by atoms with Crippen LogP contribution in [0.4, 0.5) is 0 Å². The van der Waals surface area contributed by atoms with Crippen LogP contribution in [-0.4, -0.2) is 23.6 Å². The molecule has 0 heterocycles. The van der Waals surface area contributed by atoms with Crippen LogP contribution in [0.15, 0.2) is 18.2 Å². The molecule has 0 saturated heterocycles. The molecule has 2 atom stereocenters. The molecule has 2 unspecified atom stereocenters. The Morgan fingerprint density at radius 2 is 2.18 bits per heavy atom. The van der Waals surface area contributed by atoms with Crippen LogP contribution < -0.4 is 4.74 Å². The van der Waals surface area contributed by atoms with Crippen molar-refractivity contribution in [1.29, 1.82) is 5.26 Å². The smallest absolute Gasteiger partial charge is 0.136 e. The van der Waals surface area contributed by atoms with E-state index in [1.807, 2.05) is 25.1 Å². The average Bonchev–Trinajstić information content (AvgIpc) is 2.35. The van der Waals surface area contributed by atoms with Crippen LogP contribution in [-0.2, 0) is 5.75 Å². The molecule has 1 N–H and O–H groups in total. The van der Waals surface area contributed by atoms with Gasteiger partial charge in [-0.3, -0.25) is 0 Å². The summed E-state index contributed by atoms with van der Waals surface area (Å²) in [6.45, 7) is 3.77. The molecule has 0 aliphatic heterocycles. The van der Waals surface area contributed by atoms with Crippen molar-refractivity contribution in [3.05, 3.63) is 29.3 Å². The van der Waals surface area contributed by atoms with Gasteiger partial charge in [-0.1, -0.05) is 13.0 Å². The number of hydrogen-bond donors (Lipinski definition) is 1. The Balaban J connectivity index is 2.70. The first-order valence-electron chi connectivity index (χ1n) is 5.45. The molecule has 0 spiro atoms. The third-order valence-electron chi connectivity index (χ3n) is 2.58. The molecule has 0 aliphatic carbocycles. The van der Waals surface area contributed by atoms with Crippen molar-refractivity contribution in [2.75, 3.05) is 7.11 Å². The molecule has 0 fully saturated rings. The van der Waals surface area contributed by atoms with E-state index in [2.05, 4.69) is 6.07 Å². The number of methoxy groups -OCH3 is 1. The van der Waals surface area contributed by atoms with Crippen molar-refractivity contribution >= 4 is 11.8 Å². The quantitative estimate of drug-likeness (QED) is 0.874. The van der Waals surface area contributed by atoms with Gasteiger partial charge in [0.2, 0.25) is 0 Å². The summed E-state index contributed by atoms with van der Waals surface area (Å²) in [7, 11) is 1.56. The van der Waals surface area contributed by atoms with E-state index < -0.39 is 0 Å². The highest BCUT2D eigenvalue weighted by atomic mass is 32.2. The zero-order valence-electron chi connectivity index (χ0n) is 10.3. The molecule has 0 radical (unpaired) electrons. The summed E-state index contributed by atoms with van der Waals surface area (Å²) in [5.41, 5.74) is 1.62. The number of aliphatic hydroxyl groups is 1. The van der Waals surface area contributed by atoms with Gasteiger partial charge in [-0.05, 0) is 24.6 Å². The largest absolute Gasteiger partial charge is 0.495 e. The van der Waals surface area contributed by atoms with E-state index in [4.69, 9.17) is 10.00 Å². The van der Waals surface area contributed by atoms with Gasteiger partial charge in [0.1, 0.15) is 11.8 Å². The third-order valence-corrected chi connectivity index (χ3v) is 4.00. The lowest BCUT2D eigenvalue weighted by molar-refractivity contribution is 0.196. The lowest BCUT2D eigenvalue weighted by atomic mass is 10.1. The van der Waals surface area contributed by atoms with Gasteiger partial charge in [0.25, 0.3) is 0 Å². The van der Waals surface area contributed by atoms with Crippen molar-refractivity contribution in [2.45, 2.75) is 31.0 Å². The van der Waals surface area contributed by atoms with Crippen LogP contribution in [0, 0.1) is 11.3 Å². The second-order valence-electron chi connectivity index (χ2n) is 3.90. The highest BCUT2D eigenvalue weighted by molar-refractivity contribution is 7.99. The van der Waals surface area contributed by atoms with Crippen LogP contribution in [0.1, 0.15) is 25.0 Å². The van der Waals surface area contributed by atoms with Gasteiger partial charge in [-0.2, -0.15) is 17.0 Å².